The first-order valence-electron chi connectivity index (χ1n) is 17.9. The van der Waals surface area contributed by atoms with Crippen molar-refractivity contribution in [2.24, 2.45) is 33.5 Å². The molecule has 51 heavy (non-hydrogen) atoms. The van der Waals surface area contributed by atoms with E-state index in [9.17, 15) is 23.4 Å². The SMILES string of the molecule is COc1ccc(CN(CC2(O)CCC3C45C=CC6(C=C4C(=O)Cc4c(F)cccc4Cl)CC(O)CCC6(C)C5CCC32C)S(C)(=O)=O)c(OC)c1. The highest BCUT2D eigenvalue weighted by atomic mass is 35.5. The van der Waals surface area contributed by atoms with Crippen LogP contribution in [0.5, 0.6) is 11.5 Å². The van der Waals surface area contributed by atoms with E-state index in [4.69, 9.17) is 21.1 Å². The van der Waals surface area contributed by atoms with Crippen molar-refractivity contribution in [2.45, 2.75) is 83.5 Å². The molecule has 3 saturated carbocycles. The topological polar surface area (TPSA) is 113 Å². The van der Waals surface area contributed by atoms with E-state index in [2.05, 4.69) is 32.1 Å². The second-order valence-corrected chi connectivity index (χ2v) is 18.7. The molecule has 8 nitrogen and oxygen atoms in total. The number of aliphatic hydroxyl groups excluding tert-OH is 1. The highest BCUT2D eigenvalue weighted by molar-refractivity contribution is 7.88. The lowest BCUT2D eigenvalue weighted by Gasteiger charge is -2.71. The molecular weight excluding hydrogens is 693 g/mol. The fourth-order valence-electron chi connectivity index (χ4n) is 11.4. The number of hydrogen-bond acceptors (Lipinski definition) is 7. The van der Waals surface area contributed by atoms with Gasteiger partial charge in [-0.1, -0.05) is 55.8 Å². The van der Waals surface area contributed by atoms with Crippen LogP contribution in [0, 0.1) is 39.3 Å². The Morgan fingerprint density at radius 2 is 1.73 bits per heavy atom. The van der Waals surface area contributed by atoms with Gasteiger partial charge in [-0.05, 0) is 80.4 Å². The molecule has 0 heterocycles. The Kier molecular flexibility index (Phi) is 8.90. The Labute approximate surface area is 305 Å². The minimum absolute atomic E-state index is 0.00131. The zero-order valence-corrected chi connectivity index (χ0v) is 31.6. The van der Waals surface area contributed by atoms with Crippen LogP contribution in [0.25, 0.3) is 0 Å². The van der Waals surface area contributed by atoms with Gasteiger partial charge in [0.25, 0.3) is 0 Å². The quantitative estimate of drug-likeness (QED) is 0.262. The van der Waals surface area contributed by atoms with Crippen molar-refractivity contribution in [1.82, 2.24) is 4.31 Å². The van der Waals surface area contributed by atoms with Crippen molar-refractivity contribution >= 4 is 27.4 Å². The number of nitrogens with zero attached hydrogens (tertiary/aromatic N) is 1. The van der Waals surface area contributed by atoms with Crippen LogP contribution in [0.4, 0.5) is 4.39 Å². The number of rotatable bonds is 10. The number of halogens is 2. The molecule has 2 spiro atoms. The summed E-state index contributed by atoms with van der Waals surface area (Å²) in [5.41, 5.74) is -2.30. The second kappa shape index (κ2) is 12.4. The maximum absolute atomic E-state index is 15.1. The van der Waals surface area contributed by atoms with E-state index < -0.39 is 43.8 Å². The van der Waals surface area contributed by atoms with Crippen molar-refractivity contribution in [3.05, 3.63) is 82.2 Å². The maximum atomic E-state index is 15.1. The number of fused-ring (bicyclic) bond motifs is 1. The predicted molar refractivity (Wildman–Crippen MR) is 193 cm³/mol. The molecule has 6 aliphatic rings. The molecule has 276 valence electrons. The molecule has 0 radical (unpaired) electrons. The molecule has 8 rings (SSSR count). The van der Waals surface area contributed by atoms with Crippen molar-refractivity contribution in [3.63, 3.8) is 0 Å². The Bertz CT molecular complexity index is 1910. The van der Waals surface area contributed by atoms with Crippen LogP contribution < -0.4 is 9.47 Å². The van der Waals surface area contributed by atoms with Gasteiger partial charge in [0.1, 0.15) is 17.3 Å². The van der Waals surface area contributed by atoms with Crippen LogP contribution in [-0.2, 0) is 27.8 Å². The summed E-state index contributed by atoms with van der Waals surface area (Å²) in [5.74, 6) is 0.166. The average molecular weight is 742 g/mol. The normalized spacial score (nSPS) is 36.7. The largest absolute Gasteiger partial charge is 0.497 e. The van der Waals surface area contributed by atoms with Crippen molar-refractivity contribution in [2.75, 3.05) is 27.0 Å². The summed E-state index contributed by atoms with van der Waals surface area (Å²) in [7, 11) is -0.723. The third-order valence-electron chi connectivity index (χ3n) is 14.2. The number of ketones is 1. The number of benzene rings is 2. The number of aliphatic hydroxyl groups is 2. The van der Waals surface area contributed by atoms with E-state index in [1.54, 1.807) is 31.4 Å². The van der Waals surface area contributed by atoms with Gasteiger partial charge < -0.3 is 19.7 Å². The first-order valence-corrected chi connectivity index (χ1v) is 20.2. The molecule has 8 unspecified atom stereocenters. The number of carbonyl (C=O) groups excluding carboxylic acids is 1. The first kappa shape index (κ1) is 36.6. The summed E-state index contributed by atoms with van der Waals surface area (Å²) in [5, 5.41) is 24.0. The number of methoxy groups -OCH3 is 2. The molecule has 8 atom stereocenters. The third kappa shape index (κ3) is 5.37. The summed E-state index contributed by atoms with van der Waals surface area (Å²) >= 11 is 6.44. The Hall–Kier alpha value is -2.76. The molecule has 2 aromatic rings. The molecule has 0 amide bonds. The number of hydrogen-bond donors (Lipinski definition) is 2. The number of Topliss-reactive ketones (excluding diaryl/α,β-unsaturated/α-hetero) is 1. The summed E-state index contributed by atoms with van der Waals surface area (Å²) in [4.78, 5) is 14.7. The second-order valence-electron chi connectivity index (χ2n) is 16.3. The minimum Gasteiger partial charge on any atom is -0.497 e. The number of ether oxygens (including phenoxy) is 2. The molecule has 0 aliphatic heterocycles. The van der Waals surface area contributed by atoms with Gasteiger partial charge in [0.05, 0.1) is 32.2 Å². The lowest BCUT2D eigenvalue weighted by molar-refractivity contribution is -0.177. The molecule has 0 saturated heterocycles. The van der Waals surface area contributed by atoms with E-state index in [0.29, 0.717) is 61.2 Å². The smallest absolute Gasteiger partial charge is 0.211 e. The standard InChI is InChI=1S/C40H49ClFNO7S/c1-36-14-11-26(44)21-38(36)17-18-40(29(22-38)32(45)20-28-30(41)7-6-8-31(28)42)34(36)12-15-37(2)35(40)13-16-39(37,46)24-43(51(5,47)48)23-25-9-10-27(49-3)19-33(25)50-4/h6-10,17-19,22,26,34-35,44,46H,11-16,20-21,23-24H2,1-5H3. The Morgan fingerprint density at radius 3 is 2.41 bits per heavy atom. The molecule has 2 aromatic carbocycles. The monoisotopic (exact) mass is 741 g/mol. The summed E-state index contributed by atoms with van der Waals surface area (Å²) < 4.78 is 54.2. The lowest BCUT2D eigenvalue weighted by Crippen LogP contribution is -2.67. The summed E-state index contributed by atoms with van der Waals surface area (Å²) in [6.07, 6.45) is 11.2. The van der Waals surface area contributed by atoms with Gasteiger partial charge in [-0.2, -0.15) is 4.31 Å². The zero-order chi connectivity index (χ0) is 36.8. The van der Waals surface area contributed by atoms with Crippen LogP contribution >= 0.6 is 11.6 Å². The zero-order valence-electron chi connectivity index (χ0n) is 30.0. The fourth-order valence-corrected chi connectivity index (χ4v) is 12.4. The van der Waals surface area contributed by atoms with Gasteiger partial charge >= 0.3 is 0 Å². The highest BCUT2D eigenvalue weighted by Crippen LogP contribution is 2.78. The minimum atomic E-state index is -3.79. The van der Waals surface area contributed by atoms with Gasteiger partial charge in [-0.25, -0.2) is 12.8 Å². The third-order valence-corrected chi connectivity index (χ3v) is 15.7. The number of carbonyl (C=O) groups is 1. The number of sulfonamides is 1. The van der Waals surface area contributed by atoms with Crippen LogP contribution in [-0.4, -0.2) is 67.4 Å². The van der Waals surface area contributed by atoms with E-state index in [1.807, 2.05) is 0 Å². The Balaban J connectivity index is 1.30. The molecule has 6 aliphatic carbocycles. The van der Waals surface area contributed by atoms with Gasteiger partial charge in [0, 0.05) is 63.5 Å². The average Bonchev–Trinajstić information content (AvgIpc) is 3.35. The molecule has 2 bridgehead atoms. The Morgan fingerprint density at radius 1 is 1.02 bits per heavy atom. The van der Waals surface area contributed by atoms with Crippen LogP contribution in [0.3, 0.4) is 0 Å². The molecular formula is C40H49ClFNO7S. The molecule has 11 heteroatoms. The predicted octanol–water partition coefficient (Wildman–Crippen LogP) is 6.66. The van der Waals surface area contributed by atoms with E-state index in [1.165, 1.54) is 23.5 Å². The van der Waals surface area contributed by atoms with Crippen LogP contribution in [0.2, 0.25) is 5.02 Å². The van der Waals surface area contributed by atoms with E-state index >= 15 is 4.39 Å². The van der Waals surface area contributed by atoms with E-state index in [-0.39, 0.29) is 53.1 Å². The van der Waals surface area contributed by atoms with Gasteiger partial charge in [0.15, 0.2) is 5.78 Å². The fraction of sp³-hybridized carbons (Fsp3) is 0.575. The summed E-state index contributed by atoms with van der Waals surface area (Å²) in [6, 6.07) is 9.66. The van der Waals surface area contributed by atoms with Crippen molar-refractivity contribution < 1.29 is 37.3 Å². The van der Waals surface area contributed by atoms with Gasteiger partial charge in [0.2, 0.25) is 10.0 Å². The highest BCUT2D eigenvalue weighted by Gasteiger charge is 2.74. The molecule has 3 fully saturated rings. The molecule has 2 N–H and O–H groups in total. The van der Waals surface area contributed by atoms with Crippen LogP contribution in [0.15, 0.2) is 60.2 Å². The number of allylic oxidation sites excluding steroid dienone is 4. The van der Waals surface area contributed by atoms with Gasteiger partial charge in [-0.3, -0.25) is 4.79 Å². The van der Waals surface area contributed by atoms with Crippen LogP contribution in [0.1, 0.15) is 69.9 Å². The van der Waals surface area contributed by atoms with Crippen molar-refractivity contribution in [3.8, 4) is 11.5 Å². The van der Waals surface area contributed by atoms with Crippen molar-refractivity contribution in [1.29, 1.82) is 0 Å². The van der Waals surface area contributed by atoms with E-state index in [0.717, 1.165) is 12.7 Å². The van der Waals surface area contributed by atoms with Gasteiger partial charge in [-0.15, -0.1) is 0 Å². The molecule has 0 aromatic heterocycles. The lowest BCUT2D eigenvalue weighted by atomic mass is 9.32. The summed E-state index contributed by atoms with van der Waals surface area (Å²) in [6.45, 7) is 4.24. The maximum Gasteiger partial charge on any atom is 0.211 e. The first-order chi connectivity index (χ1) is 24.0.